The molecular weight excluding hydrogens is 430 g/mol. The Hall–Kier alpha value is -3.74. The number of hydrogen-bond acceptors (Lipinski definition) is 5. The van der Waals surface area contributed by atoms with Gasteiger partial charge >= 0.3 is 0 Å². The van der Waals surface area contributed by atoms with E-state index in [1.807, 2.05) is 30.3 Å². The van der Waals surface area contributed by atoms with Gasteiger partial charge in [0.2, 0.25) is 5.91 Å². The number of unbranched alkanes of at least 4 members (excludes halogenated alkanes) is 4. The largest absolute Gasteiger partial charge is 0.494 e. The van der Waals surface area contributed by atoms with Crippen LogP contribution in [-0.2, 0) is 11.3 Å². The second kappa shape index (κ2) is 13.7. The maximum absolute atomic E-state index is 12.4. The first-order chi connectivity index (χ1) is 16.6. The fraction of sp³-hybridized carbons (Fsp3) is 0.333. The van der Waals surface area contributed by atoms with Crippen LogP contribution in [-0.4, -0.2) is 25.0 Å². The molecule has 0 unspecified atom stereocenters. The first kappa shape index (κ1) is 24.9. The molecule has 0 saturated carbocycles. The lowest BCUT2D eigenvalue weighted by Gasteiger charge is -2.10. The number of amides is 2. The summed E-state index contributed by atoms with van der Waals surface area (Å²) < 4.78 is 11.0. The predicted molar refractivity (Wildman–Crippen MR) is 134 cm³/mol. The van der Waals surface area contributed by atoms with Crippen molar-refractivity contribution in [1.82, 2.24) is 5.32 Å². The van der Waals surface area contributed by atoms with Crippen molar-refractivity contribution in [3.8, 4) is 5.75 Å². The Morgan fingerprint density at radius 3 is 2.50 bits per heavy atom. The summed E-state index contributed by atoms with van der Waals surface area (Å²) in [7, 11) is 0. The normalized spacial score (nSPS) is 10.5. The first-order valence-electron chi connectivity index (χ1n) is 11.8. The van der Waals surface area contributed by atoms with Crippen molar-refractivity contribution in [2.24, 2.45) is 0 Å². The minimum Gasteiger partial charge on any atom is -0.494 e. The number of carbonyl (C=O) groups is 2. The molecule has 0 aliphatic carbocycles. The summed E-state index contributed by atoms with van der Waals surface area (Å²) in [6.45, 7) is 3.30. The molecule has 7 nitrogen and oxygen atoms in total. The van der Waals surface area contributed by atoms with Crippen LogP contribution in [0.15, 0.2) is 71.3 Å². The van der Waals surface area contributed by atoms with Crippen molar-refractivity contribution in [3.63, 3.8) is 0 Å². The minimum atomic E-state index is -0.215. The Bertz CT molecular complexity index is 1020. The standard InChI is InChI=1S/C27H33N3O4/c1-2-3-4-5-6-16-33-24-14-12-22(13-15-24)30-26(31)20-28-23-10-7-9-21(18-23)27(32)29-19-25-11-8-17-34-25/h7-15,17-18,28H,2-6,16,19-20H2,1H3,(H,29,32)(H,30,31). The molecule has 3 rings (SSSR count). The number of benzene rings is 2. The van der Waals surface area contributed by atoms with Gasteiger partial charge in [-0.2, -0.15) is 0 Å². The van der Waals surface area contributed by atoms with Gasteiger partial charge in [0, 0.05) is 16.9 Å². The number of anilines is 2. The summed E-state index contributed by atoms with van der Waals surface area (Å²) in [5, 5.41) is 8.72. The molecule has 7 heteroatoms. The van der Waals surface area contributed by atoms with E-state index in [9.17, 15) is 9.59 Å². The van der Waals surface area contributed by atoms with Gasteiger partial charge in [-0.3, -0.25) is 9.59 Å². The van der Waals surface area contributed by atoms with E-state index < -0.39 is 0 Å². The Labute approximate surface area is 200 Å². The molecule has 0 aliphatic rings. The lowest BCUT2D eigenvalue weighted by molar-refractivity contribution is -0.114. The predicted octanol–water partition coefficient (Wildman–Crippen LogP) is 5.61. The molecule has 3 N–H and O–H groups in total. The molecule has 0 radical (unpaired) electrons. The SMILES string of the molecule is CCCCCCCOc1ccc(NC(=O)CNc2cccc(C(=O)NCc3ccco3)c2)cc1. The van der Waals surface area contributed by atoms with Crippen molar-refractivity contribution >= 4 is 23.2 Å². The lowest BCUT2D eigenvalue weighted by Crippen LogP contribution is -2.23. The van der Waals surface area contributed by atoms with Gasteiger partial charge in [-0.15, -0.1) is 0 Å². The zero-order valence-corrected chi connectivity index (χ0v) is 19.6. The lowest BCUT2D eigenvalue weighted by atomic mass is 10.2. The van der Waals surface area contributed by atoms with Crippen LogP contribution >= 0.6 is 0 Å². The summed E-state index contributed by atoms with van der Waals surface area (Å²) in [6, 6.07) is 18.0. The third-order valence-corrected chi connectivity index (χ3v) is 5.24. The third kappa shape index (κ3) is 8.65. The average molecular weight is 464 g/mol. The van der Waals surface area contributed by atoms with E-state index in [1.165, 1.54) is 25.7 Å². The van der Waals surface area contributed by atoms with E-state index in [4.69, 9.17) is 9.15 Å². The summed E-state index contributed by atoms with van der Waals surface area (Å²) in [5.74, 6) is 1.08. The molecule has 2 amide bonds. The van der Waals surface area contributed by atoms with Crippen LogP contribution in [0.1, 0.15) is 55.1 Å². The second-order valence-electron chi connectivity index (χ2n) is 8.03. The number of rotatable bonds is 14. The average Bonchev–Trinajstić information content (AvgIpc) is 3.38. The van der Waals surface area contributed by atoms with Crippen LogP contribution in [0.25, 0.3) is 0 Å². The highest BCUT2D eigenvalue weighted by Gasteiger charge is 2.08. The molecule has 3 aromatic rings. The molecule has 0 aliphatic heterocycles. The van der Waals surface area contributed by atoms with Gasteiger partial charge in [-0.25, -0.2) is 0 Å². The van der Waals surface area contributed by atoms with Crippen LogP contribution in [0.5, 0.6) is 5.75 Å². The Morgan fingerprint density at radius 2 is 1.74 bits per heavy atom. The van der Waals surface area contributed by atoms with E-state index in [2.05, 4.69) is 22.9 Å². The summed E-state index contributed by atoms with van der Waals surface area (Å²) in [6.07, 6.45) is 7.57. The monoisotopic (exact) mass is 463 g/mol. The molecule has 1 aromatic heterocycles. The highest BCUT2D eigenvalue weighted by molar-refractivity contribution is 5.96. The molecule has 0 spiro atoms. The third-order valence-electron chi connectivity index (χ3n) is 5.24. The number of furan rings is 1. The molecule has 0 saturated heterocycles. The molecule has 0 bridgehead atoms. The van der Waals surface area contributed by atoms with E-state index in [0.29, 0.717) is 35.9 Å². The van der Waals surface area contributed by atoms with Crippen molar-refractivity contribution in [2.75, 3.05) is 23.8 Å². The summed E-state index contributed by atoms with van der Waals surface area (Å²) in [5.41, 5.74) is 1.88. The first-order valence-corrected chi connectivity index (χ1v) is 11.8. The maximum atomic E-state index is 12.4. The summed E-state index contributed by atoms with van der Waals surface area (Å²) in [4.78, 5) is 24.7. The summed E-state index contributed by atoms with van der Waals surface area (Å²) >= 11 is 0. The fourth-order valence-electron chi connectivity index (χ4n) is 3.37. The van der Waals surface area contributed by atoms with Crippen LogP contribution in [0, 0.1) is 0 Å². The highest BCUT2D eigenvalue weighted by Crippen LogP contribution is 2.17. The van der Waals surface area contributed by atoms with Crippen molar-refractivity contribution < 1.29 is 18.7 Å². The van der Waals surface area contributed by atoms with Gasteiger partial charge in [-0.05, 0) is 61.0 Å². The van der Waals surface area contributed by atoms with E-state index in [-0.39, 0.29) is 18.4 Å². The van der Waals surface area contributed by atoms with E-state index >= 15 is 0 Å². The topological polar surface area (TPSA) is 92.6 Å². The van der Waals surface area contributed by atoms with Crippen LogP contribution < -0.4 is 20.7 Å². The second-order valence-corrected chi connectivity index (χ2v) is 8.03. The smallest absolute Gasteiger partial charge is 0.251 e. The maximum Gasteiger partial charge on any atom is 0.251 e. The Balaban J connectivity index is 1.39. The van der Waals surface area contributed by atoms with Crippen molar-refractivity contribution in [1.29, 1.82) is 0 Å². The van der Waals surface area contributed by atoms with Gasteiger partial charge in [-0.1, -0.05) is 38.7 Å². The van der Waals surface area contributed by atoms with E-state index in [0.717, 1.165) is 12.2 Å². The molecule has 1 heterocycles. The molecule has 180 valence electrons. The van der Waals surface area contributed by atoms with E-state index in [1.54, 1.807) is 36.6 Å². The van der Waals surface area contributed by atoms with Crippen molar-refractivity contribution in [2.45, 2.75) is 45.6 Å². The highest BCUT2D eigenvalue weighted by atomic mass is 16.5. The molecule has 0 atom stereocenters. The number of ether oxygens (including phenoxy) is 1. The zero-order valence-electron chi connectivity index (χ0n) is 19.6. The van der Waals surface area contributed by atoms with Crippen LogP contribution in [0.3, 0.4) is 0 Å². The molecular formula is C27H33N3O4. The fourth-order valence-corrected chi connectivity index (χ4v) is 3.37. The number of carbonyl (C=O) groups excluding carboxylic acids is 2. The molecule has 34 heavy (non-hydrogen) atoms. The van der Waals surface area contributed by atoms with Gasteiger partial charge in [0.1, 0.15) is 11.5 Å². The van der Waals surface area contributed by atoms with Crippen molar-refractivity contribution in [3.05, 3.63) is 78.3 Å². The zero-order chi connectivity index (χ0) is 24.0. The van der Waals surface area contributed by atoms with Gasteiger partial charge in [0.05, 0.1) is 26.0 Å². The molecule has 0 fully saturated rings. The van der Waals surface area contributed by atoms with Gasteiger partial charge in [0.15, 0.2) is 0 Å². The number of hydrogen-bond donors (Lipinski definition) is 3. The Kier molecular flexibility index (Phi) is 10.1. The Morgan fingerprint density at radius 1 is 0.912 bits per heavy atom. The number of nitrogens with one attached hydrogen (secondary N) is 3. The van der Waals surface area contributed by atoms with Gasteiger partial charge in [0.25, 0.3) is 5.91 Å². The quantitative estimate of drug-likeness (QED) is 0.270. The van der Waals surface area contributed by atoms with Crippen LogP contribution in [0.4, 0.5) is 11.4 Å². The van der Waals surface area contributed by atoms with Gasteiger partial charge < -0.3 is 25.1 Å². The van der Waals surface area contributed by atoms with Crippen LogP contribution in [0.2, 0.25) is 0 Å². The molecule has 2 aromatic carbocycles. The minimum absolute atomic E-state index is 0.0769.